The summed E-state index contributed by atoms with van der Waals surface area (Å²) in [6.07, 6.45) is 5.32. The SMILES string of the molecule is CCCCC(CC)CSCCO. The van der Waals surface area contributed by atoms with Gasteiger partial charge in [-0.25, -0.2) is 0 Å². The van der Waals surface area contributed by atoms with Crippen LogP contribution in [0.5, 0.6) is 0 Å². The monoisotopic (exact) mass is 190 g/mol. The van der Waals surface area contributed by atoms with Crippen LogP contribution in [0, 0.1) is 5.92 Å². The molecule has 2 heteroatoms. The van der Waals surface area contributed by atoms with Gasteiger partial charge in [-0.2, -0.15) is 11.8 Å². The molecule has 0 bridgehead atoms. The van der Waals surface area contributed by atoms with Gasteiger partial charge < -0.3 is 5.11 Å². The van der Waals surface area contributed by atoms with Crippen molar-refractivity contribution in [2.24, 2.45) is 5.92 Å². The first-order chi connectivity index (χ1) is 5.85. The lowest BCUT2D eigenvalue weighted by Gasteiger charge is -2.12. The zero-order valence-corrected chi connectivity index (χ0v) is 9.20. The van der Waals surface area contributed by atoms with Gasteiger partial charge in [-0.3, -0.25) is 0 Å². The summed E-state index contributed by atoms with van der Waals surface area (Å²) in [5.41, 5.74) is 0. The Kier molecular flexibility index (Phi) is 9.64. The lowest BCUT2D eigenvalue weighted by atomic mass is 10.0. The molecule has 12 heavy (non-hydrogen) atoms. The Morgan fingerprint density at radius 3 is 2.58 bits per heavy atom. The van der Waals surface area contributed by atoms with Crippen molar-refractivity contribution < 1.29 is 5.11 Å². The van der Waals surface area contributed by atoms with Crippen LogP contribution in [0.2, 0.25) is 0 Å². The van der Waals surface area contributed by atoms with Crippen molar-refractivity contribution in [3.8, 4) is 0 Å². The number of hydrogen-bond donors (Lipinski definition) is 1. The molecule has 0 aliphatic rings. The third-order valence-electron chi connectivity index (χ3n) is 2.13. The van der Waals surface area contributed by atoms with E-state index in [2.05, 4.69) is 13.8 Å². The highest BCUT2D eigenvalue weighted by atomic mass is 32.2. The predicted molar refractivity (Wildman–Crippen MR) is 57.7 cm³/mol. The summed E-state index contributed by atoms with van der Waals surface area (Å²) in [5.74, 6) is 3.01. The first-order valence-electron chi connectivity index (χ1n) is 5.03. The predicted octanol–water partition coefficient (Wildman–Crippen LogP) is 2.93. The quantitative estimate of drug-likeness (QED) is 0.594. The second-order valence-corrected chi connectivity index (χ2v) is 4.36. The highest BCUT2D eigenvalue weighted by Gasteiger charge is 2.04. The van der Waals surface area contributed by atoms with Crippen LogP contribution < -0.4 is 0 Å². The van der Waals surface area contributed by atoms with E-state index in [-0.39, 0.29) is 0 Å². The molecule has 0 heterocycles. The van der Waals surface area contributed by atoms with Crippen molar-refractivity contribution in [1.82, 2.24) is 0 Å². The maximum atomic E-state index is 8.61. The van der Waals surface area contributed by atoms with E-state index in [1.54, 1.807) is 0 Å². The topological polar surface area (TPSA) is 20.2 Å². The second-order valence-electron chi connectivity index (χ2n) is 3.22. The van der Waals surface area contributed by atoms with Gasteiger partial charge in [-0.1, -0.05) is 33.1 Å². The van der Waals surface area contributed by atoms with Gasteiger partial charge in [0.05, 0.1) is 6.61 Å². The van der Waals surface area contributed by atoms with Crippen molar-refractivity contribution >= 4 is 11.8 Å². The maximum Gasteiger partial charge on any atom is 0.0521 e. The smallest absolute Gasteiger partial charge is 0.0521 e. The van der Waals surface area contributed by atoms with Crippen LogP contribution in [0.25, 0.3) is 0 Å². The first-order valence-corrected chi connectivity index (χ1v) is 6.19. The molecule has 0 aromatic heterocycles. The Morgan fingerprint density at radius 1 is 1.33 bits per heavy atom. The van der Waals surface area contributed by atoms with Crippen molar-refractivity contribution in [1.29, 1.82) is 0 Å². The largest absolute Gasteiger partial charge is 0.396 e. The van der Waals surface area contributed by atoms with Crippen LogP contribution in [0.1, 0.15) is 39.5 Å². The Labute approximate surface area is 80.9 Å². The number of unbranched alkanes of at least 4 members (excludes halogenated alkanes) is 1. The van der Waals surface area contributed by atoms with Gasteiger partial charge in [-0.05, 0) is 18.1 Å². The Morgan fingerprint density at radius 2 is 2.08 bits per heavy atom. The highest BCUT2D eigenvalue weighted by Crippen LogP contribution is 2.17. The molecule has 1 nitrogen and oxygen atoms in total. The van der Waals surface area contributed by atoms with Gasteiger partial charge in [0.25, 0.3) is 0 Å². The lowest BCUT2D eigenvalue weighted by Crippen LogP contribution is -2.03. The molecule has 0 aliphatic carbocycles. The molecule has 0 saturated carbocycles. The van der Waals surface area contributed by atoms with Crippen molar-refractivity contribution in [2.75, 3.05) is 18.1 Å². The zero-order valence-electron chi connectivity index (χ0n) is 8.38. The molecule has 74 valence electrons. The third-order valence-corrected chi connectivity index (χ3v) is 3.31. The molecule has 0 saturated heterocycles. The number of rotatable bonds is 8. The average Bonchev–Trinajstić information content (AvgIpc) is 2.11. The van der Waals surface area contributed by atoms with Crippen molar-refractivity contribution in [3.05, 3.63) is 0 Å². The summed E-state index contributed by atoms with van der Waals surface area (Å²) in [4.78, 5) is 0. The molecule has 0 radical (unpaired) electrons. The second kappa shape index (κ2) is 9.40. The molecule has 0 aliphatic heterocycles. The minimum Gasteiger partial charge on any atom is -0.396 e. The fourth-order valence-corrected chi connectivity index (χ4v) is 2.24. The highest BCUT2D eigenvalue weighted by molar-refractivity contribution is 7.99. The van der Waals surface area contributed by atoms with E-state index >= 15 is 0 Å². The standard InChI is InChI=1S/C10H22OS/c1-3-5-6-10(4-2)9-12-8-7-11/h10-11H,3-9H2,1-2H3. The molecule has 0 fully saturated rings. The number of thioether (sulfide) groups is 1. The van der Waals surface area contributed by atoms with E-state index in [9.17, 15) is 0 Å². The maximum absolute atomic E-state index is 8.61. The van der Waals surface area contributed by atoms with E-state index in [1.807, 2.05) is 11.8 Å². The van der Waals surface area contributed by atoms with Crippen molar-refractivity contribution in [3.63, 3.8) is 0 Å². The van der Waals surface area contributed by atoms with E-state index in [4.69, 9.17) is 5.11 Å². The molecule has 1 atom stereocenters. The number of aliphatic hydroxyl groups is 1. The number of hydrogen-bond acceptors (Lipinski definition) is 2. The molecule has 0 spiro atoms. The van der Waals surface area contributed by atoms with Gasteiger partial charge in [-0.15, -0.1) is 0 Å². The number of aliphatic hydroxyl groups excluding tert-OH is 1. The summed E-state index contributed by atoms with van der Waals surface area (Å²) in [6.45, 7) is 4.84. The van der Waals surface area contributed by atoms with E-state index in [1.165, 1.54) is 31.4 Å². The first kappa shape index (κ1) is 12.3. The van der Waals surface area contributed by atoms with Crippen LogP contribution in [-0.2, 0) is 0 Å². The molecule has 0 amide bonds. The van der Waals surface area contributed by atoms with Gasteiger partial charge >= 0.3 is 0 Å². The molecular weight excluding hydrogens is 168 g/mol. The summed E-state index contributed by atoms with van der Waals surface area (Å²) >= 11 is 1.89. The minimum absolute atomic E-state index is 0.328. The molecular formula is C10H22OS. The Balaban J connectivity index is 3.26. The Hall–Kier alpha value is 0.310. The summed E-state index contributed by atoms with van der Waals surface area (Å²) in [7, 11) is 0. The van der Waals surface area contributed by atoms with Crippen molar-refractivity contribution in [2.45, 2.75) is 39.5 Å². The molecule has 1 N–H and O–H groups in total. The fourth-order valence-electron chi connectivity index (χ4n) is 1.21. The van der Waals surface area contributed by atoms with Crippen LogP contribution >= 0.6 is 11.8 Å². The van der Waals surface area contributed by atoms with Gasteiger partial charge in [0, 0.05) is 5.75 Å². The van der Waals surface area contributed by atoms with Gasteiger partial charge in [0.15, 0.2) is 0 Å². The lowest BCUT2D eigenvalue weighted by molar-refractivity contribution is 0.322. The molecule has 0 aromatic carbocycles. The molecule has 0 aromatic rings. The summed E-state index contributed by atoms with van der Waals surface area (Å²) < 4.78 is 0. The molecule has 0 rings (SSSR count). The van der Waals surface area contributed by atoms with E-state index in [0.717, 1.165) is 11.7 Å². The van der Waals surface area contributed by atoms with E-state index < -0.39 is 0 Å². The third kappa shape index (κ3) is 6.99. The van der Waals surface area contributed by atoms with Crippen LogP contribution in [0.4, 0.5) is 0 Å². The summed E-state index contributed by atoms with van der Waals surface area (Å²) in [5, 5.41) is 8.61. The minimum atomic E-state index is 0.328. The fraction of sp³-hybridized carbons (Fsp3) is 1.00. The average molecular weight is 190 g/mol. The van der Waals surface area contributed by atoms with Crippen LogP contribution in [0.15, 0.2) is 0 Å². The van der Waals surface area contributed by atoms with E-state index in [0.29, 0.717) is 6.61 Å². The summed E-state index contributed by atoms with van der Waals surface area (Å²) in [6, 6.07) is 0. The van der Waals surface area contributed by atoms with Gasteiger partial charge in [0.2, 0.25) is 0 Å². The van der Waals surface area contributed by atoms with Gasteiger partial charge in [0.1, 0.15) is 0 Å². The Bertz CT molecular complexity index is 85.9. The zero-order chi connectivity index (χ0) is 9.23. The normalized spacial score (nSPS) is 13.2. The van der Waals surface area contributed by atoms with Crippen LogP contribution in [-0.4, -0.2) is 23.2 Å². The molecule has 1 unspecified atom stereocenters. The van der Waals surface area contributed by atoms with Crippen LogP contribution in [0.3, 0.4) is 0 Å².